The van der Waals surface area contributed by atoms with Gasteiger partial charge in [0.1, 0.15) is 11.5 Å². The first-order chi connectivity index (χ1) is 9.29. The quantitative estimate of drug-likeness (QED) is 0.750. The lowest BCUT2D eigenvalue weighted by molar-refractivity contribution is 0.187. The summed E-state index contributed by atoms with van der Waals surface area (Å²) in [7, 11) is 1.58. The first-order valence-electron chi connectivity index (χ1n) is 7.03. The van der Waals surface area contributed by atoms with Crippen molar-refractivity contribution in [3.05, 3.63) is 23.8 Å². The van der Waals surface area contributed by atoms with Gasteiger partial charge >= 0.3 is 0 Å². The zero-order valence-corrected chi connectivity index (χ0v) is 13.1. The van der Waals surface area contributed by atoms with Gasteiger partial charge in [0, 0.05) is 30.3 Å². The molecule has 0 saturated carbocycles. The maximum atomic E-state index is 10.1. The van der Waals surface area contributed by atoms with E-state index >= 15 is 0 Å². The summed E-state index contributed by atoms with van der Waals surface area (Å²) in [5, 5.41) is 22.8. The van der Waals surface area contributed by atoms with Gasteiger partial charge in [-0.05, 0) is 24.8 Å². The molecular formula is C16H27NO3. The number of ether oxygens (including phenoxy) is 1. The second kappa shape index (κ2) is 6.95. The van der Waals surface area contributed by atoms with Crippen molar-refractivity contribution in [2.24, 2.45) is 5.41 Å². The molecule has 0 aliphatic heterocycles. The van der Waals surface area contributed by atoms with Crippen LogP contribution in [0.2, 0.25) is 0 Å². The molecule has 2 atom stereocenters. The average molecular weight is 281 g/mol. The van der Waals surface area contributed by atoms with E-state index < -0.39 is 0 Å². The Labute approximate surface area is 121 Å². The molecule has 2 unspecified atom stereocenters. The van der Waals surface area contributed by atoms with Crippen molar-refractivity contribution >= 4 is 0 Å². The van der Waals surface area contributed by atoms with Crippen LogP contribution in [0.3, 0.4) is 0 Å². The summed E-state index contributed by atoms with van der Waals surface area (Å²) in [6.07, 6.45) is 0.685. The molecule has 0 aliphatic rings. The van der Waals surface area contributed by atoms with Gasteiger partial charge in [0.2, 0.25) is 0 Å². The summed E-state index contributed by atoms with van der Waals surface area (Å²) in [4.78, 5) is 0. The monoisotopic (exact) mass is 281 g/mol. The predicted octanol–water partition coefficient (Wildman–Crippen LogP) is 2.85. The zero-order chi connectivity index (χ0) is 15.3. The maximum absolute atomic E-state index is 10.1. The normalized spacial score (nSPS) is 14.9. The Morgan fingerprint density at radius 2 is 1.95 bits per heavy atom. The molecule has 1 rings (SSSR count). The van der Waals surface area contributed by atoms with Crippen LogP contribution in [0.1, 0.15) is 45.7 Å². The summed E-state index contributed by atoms with van der Waals surface area (Å²) < 4.78 is 5.09. The van der Waals surface area contributed by atoms with Crippen LogP contribution >= 0.6 is 0 Å². The van der Waals surface area contributed by atoms with Gasteiger partial charge in [0.15, 0.2) is 0 Å². The number of phenols is 1. The number of aliphatic hydroxyl groups excluding tert-OH is 1. The molecule has 0 amide bonds. The van der Waals surface area contributed by atoms with Crippen molar-refractivity contribution in [1.29, 1.82) is 0 Å². The third-order valence-corrected chi connectivity index (χ3v) is 3.62. The van der Waals surface area contributed by atoms with Gasteiger partial charge in [-0.15, -0.1) is 0 Å². The van der Waals surface area contributed by atoms with Crippen LogP contribution < -0.4 is 10.1 Å². The fourth-order valence-corrected chi connectivity index (χ4v) is 2.30. The summed E-state index contributed by atoms with van der Waals surface area (Å²) in [5.41, 5.74) is 0.872. The average Bonchev–Trinajstić information content (AvgIpc) is 2.36. The molecule has 0 saturated heterocycles. The van der Waals surface area contributed by atoms with Crippen LogP contribution in [0.25, 0.3) is 0 Å². The predicted molar refractivity (Wildman–Crippen MR) is 81.2 cm³/mol. The number of aromatic hydroxyl groups is 1. The Hall–Kier alpha value is -1.26. The van der Waals surface area contributed by atoms with Crippen molar-refractivity contribution in [2.45, 2.75) is 46.2 Å². The number of benzene rings is 1. The number of hydrogen-bond acceptors (Lipinski definition) is 4. The Kier molecular flexibility index (Phi) is 5.84. The molecule has 0 spiro atoms. The van der Waals surface area contributed by atoms with E-state index in [0.717, 1.165) is 5.56 Å². The molecule has 1 aromatic carbocycles. The first kappa shape index (κ1) is 16.8. The van der Waals surface area contributed by atoms with Gasteiger partial charge in [-0.1, -0.05) is 26.8 Å². The number of phenolic OH excluding ortho intramolecular Hbond substituents is 1. The SMILES string of the molecule is COc1ccc(C(C)NC(CCO)C(C)(C)C)c(O)c1. The Morgan fingerprint density at radius 3 is 2.40 bits per heavy atom. The fraction of sp³-hybridized carbons (Fsp3) is 0.625. The van der Waals surface area contributed by atoms with Crippen molar-refractivity contribution in [3.8, 4) is 11.5 Å². The van der Waals surface area contributed by atoms with Gasteiger partial charge < -0.3 is 20.3 Å². The highest BCUT2D eigenvalue weighted by atomic mass is 16.5. The highest BCUT2D eigenvalue weighted by Gasteiger charge is 2.26. The third kappa shape index (κ3) is 4.39. The highest BCUT2D eigenvalue weighted by Crippen LogP contribution is 2.31. The van der Waals surface area contributed by atoms with E-state index in [1.54, 1.807) is 13.2 Å². The van der Waals surface area contributed by atoms with E-state index in [1.807, 2.05) is 19.1 Å². The lowest BCUT2D eigenvalue weighted by atomic mass is 9.84. The van der Waals surface area contributed by atoms with Gasteiger partial charge in [-0.25, -0.2) is 0 Å². The topological polar surface area (TPSA) is 61.7 Å². The molecule has 20 heavy (non-hydrogen) atoms. The maximum Gasteiger partial charge on any atom is 0.124 e. The van der Waals surface area contributed by atoms with E-state index in [2.05, 4.69) is 26.1 Å². The lowest BCUT2D eigenvalue weighted by Gasteiger charge is -2.34. The summed E-state index contributed by atoms with van der Waals surface area (Å²) in [6.45, 7) is 8.58. The Bertz CT molecular complexity index is 426. The minimum atomic E-state index is -0.00307. The smallest absolute Gasteiger partial charge is 0.124 e. The number of rotatable bonds is 6. The van der Waals surface area contributed by atoms with Crippen molar-refractivity contribution in [1.82, 2.24) is 5.32 Å². The minimum Gasteiger partial charge on any atom is -0.507 e. The fourth-order valence-electron chi connectivity index (χ4n) is 2.30. The van der Waals surface area contributed by atoms with Gasteiger partial charge in [0.25, 0.3) is 0 Å². The first-order valence-corrected chi connectivity index (χ1v) is 7.03. The van der Waals surface area contributed by atoms with Gasteiger partial charge in [-0.2, -0.15) is 0 Å². The molecule has 4 heteroatoms. The summed E-state index contributed by atoms with van der Waals surface area (Å²) >= 11 is 0. The van der Waals surface area contributed by atoms with Crippen LogP contribution in [-0.4, -0.2) is 30.0 Å². The van der Waals surface area contributed by atoms with Gasteiger partial charge in [-0.3, -0.25) is 0 Å². The Morgan fingerprint density at radius 1 is 1.30 bits per heavy atom. The summed E-state index contributed by atoms with van der Waals surface area (Å²) in [5.74, 6) is 0.863. The molecule has 0 radical (unpaired) electrons. The van der Waals surface area contributed by atoms with Crippen LogP contribution in [-0.2, 0) is 0 Å². The molecule has 0 bridgehead atoms. The molecule has 4 nitrogen and oxygen atoms in total. The van der Waals surface area contributed by atoms with Gasteiger partial charge in [0.05, 0.1) is 7.11 Å². The lowest BCUT2D eigenvalue weighted by Crippen LogP contribution is -2.42. The van der Waals surface area contributed by atoms with Crippen molar-refractivity contribution in [2.75, 3.05) is 13.7 Å². The van der Waals surface area contributed by atoms with Crippen LogP contribution in [0.15, 0.2) is 18.2 Å². The minimum absolute atomic E-state index is 0.00307. The standard InChI is InChI=1S/C16H27NO3/c1-11(17-15(8-9-18)16(2,3)4)13-7-6-12(20-5)10-14(13)19/h6-7,10-11,15,17-19H,8-9H2,1-5H3. The second-order valence-electron chi connectivity index (χ2n) is 6.24. The number of nitrogens with one attached hydrogen (secondary N) is 1. The highest BCUT2D eigenvalue weighted by molar-refractivity contribution is 5.41. The van der Waals surface area contributed by atoms with E-state index in [0.29, 0.717) is 12.2 Å². The van der Waals surface area contributed by atoms with Crippen LogP contribution in [0, 0.1) is 5.41 Å². The molecule has 114 valence electrons. The number of hydrogen-bond donors (Lipinski definition) is 3. The van der Waals surface area contributed by atoms with Crippen molar-refractivity contribution in [3.63, 3.8) is 0 Å². The van der Waals surface area contributed by atoms with E-state index in [1.165, 1.54) is 0 Å². The van der Waals surface area contributed by atoms with Crippen LogP contribution in [0.5, 0.6) is 11.5 Å². The number of aliphatic hydroxyl groups is 1. The molecule has 0 aromatic heterocycles. The summed E-state index contributed by atoms with van der Waals surface area (Å²) in [6, 6.07) is 5.49. The molecule has 0 heterocycles. The third-order valence-electron chi connectivity index (χ3n) is 3.62. The second-order valence-corrected chi connectivity index (χ2v) is 6.24. The van der Waals surface area contributed by atoms with Crippen LogP contribution in [0.4, 0.5) is 0 Å². The molecule has 1 aromatic rings. The largest absolute Gasteiger partial charge is 0.507 e. The zero-order valence-electron chi connectivity index (χ0n) is 13.1. The molecule has 0 fully saturated rings. The van der Waals surface area contributed by atoms with E-state index in [9.17, 15) is 10.2 Å². The van der Waals surface area contributed by atoms with E-state index in [4.69, 9.17) is 4.74 Å². The molecule has 0 aliphatic carbocycles. The van der Waals surface area contributed by atoms with Crippen molar-refractivity contribution < 1.29 is 14.9 Å². The number of methoxy groups -OCH3 is 1. The Balaban J connectivity index is 2.86. The van der Waals surface area contributed by atoms with E-state index in [-0.39, 0.29) is 29.9 Å². The molecular weight excluding hydrogens is 254 g/mol. The molecule has 3 N–H and O–H groups in total.